The highest BCUT2D eigenvalue weighted by Gasteiger charge is 2.30. The molecule has 0 fully saturated rings. The zero-order valence-electron chi connectivity index (χ0n) is 9.71. The molecule has 1 aliphatic heterocycles. The normalized spacial score (nSPS) is 19.1. The molecule has 0 spiro atoms. The van der Waals surface area contributed by atoms with Crippen LogP contribution in [0, 0.1) is 5.82 Å². The molecule has 0 saturated heterocycles. The van der Waals surface area contributed by atoms with Gasteiger partial charge in [-0.3, -0.25) is 4.98 Å². The Labute approximate surface area is 104 Å². The van der Waals surface area contributed by atoms with Crippen LogP contribution in [-0.2, 0) is 0 Å². The minimum absolute atomic E-state index is 0.0461. The number of hydrogen-bond acceptors (Lipinski definition) is 3. The molecule has 0 aliphatic carbocycles. The lowest BCUT2D eigenvalue weighted by atomic mass is 9.90. The number of fused-ring (bicyclic) bond motifs is 1. The summed E-state index contributed by atoms with van der Waals surface area (Å²) >= 11 is 0. The highest BCUT2D eigenvalue weighted by atomic mass is 19.1. The Morgan fingerprint density at radius 3 is 3.00 bits per heavy atom. The van der Waals surface area contributed by atoms with E-state index in [0.29, 0.717) is 12.2 Å². The molecule has 1 aliphatic rings. The molecule has 92 valence electrons. The van der Waals surface area contributed by atoms with Gasteiger partial charge in [-0.2, -0.15) is 0 Å². The fraction of sp³-hybridized carbons (Fsp3) is 0.214. The molecule has 2 heterocycles. The van der Waals surface area contributed by atoms with Crippen LogP contribution in [0.3, 0.4) is 0 Å². The molecule has 0 amide bonds. The molecule has 1 aromatic carbocycles. The van der Waals surface area contributed by atoms with Crippen molar-refractivity contribution in [2.24, 2.45) is 5.73 Å². The molecule has 2 atom stereocenters. The van der Waals surface area contributed by atoms with Crippen LogP contribution in [0.5, 0.6) is 5.75 Å². The van der Waals surface area contributed by atoms with Gasteiger partial charge in [-0.25, -0.2) is 4.39 Å². The van der Waals surface area contributed by atoms with Gasteiger partial charge in [-0.1, -0.05) is 18.2 Å². The maximum Gasteiger partial charge on any atom is 0.141 e. The molecular formula is C14H13FN2O. The van der Waals surface area contributed by atoms with E-state index in [1.807, 2.05) is 24.3 Å². The van der Waals surface area contributed by atoms with Crippen LogP contribution >= 0.6 is 0 Å². The van der Waals surface area contributed by atoms with Crippen molar-refractivity contribution in [2.45, 2.75) is 12.0 Å². The van der Waals surface area contributed by atoms with Crippen molar-refractivity contribution < 1.29 is 9.13 Å². The van der Waals surface area contributed by atoms with Gasteiger partial charge in [0.25, 0.3) is 0 Å². The van der Waals surface area contributed by atoms with Crippen molar-refractivity contribution in [3.8, 4) is 5.75 Å². The first-order valence-electron chi connectivity index (χ1n) is 5.83. The van der Waals surface area contributed by atoms with Gasteiger partial charge in [0.05, 0.1) is 12.8 Å². The van der Waals surface area contributed by atoms with Gasteiger partial charge in [0.2, 0.25) is 0 Å². The largest absolute Gasteiger partial charge is 0.493 e. The van der Waals surface area contributed by atoms with Gasteiger partial charge in [-0.15, -0.1) is 0 Å². The van der Waals surface area contributed by atoms with Crippen molar-refractivity contribution >= 4 is 0 Å². The zero-order chi connectivity index (χ0) is 12.5. The Morgan fingerprint density at radius 1 is 1.33 bits per heavy atom. The van der Waals surface area contributed by atoms with Crippen molar-refractivity contribution in [1.82, 2.24) is 4.98 Å². The Bertz CT molecular complexity index is 573. The van der Waals surface area contributed by atoms with E-state index in [1.54, 1.807) is 6.20 Å². The molecule has 0 radical (unpaired) electrons. The number of pyridine rings is 1. The van der Waals surface area contributed by atoms with Gasteiger partial charge in [0.1, 0.15) is 11.6 Å². The second-order valence-corrected chi connectivity index (χ2v) is 4.42. The first-order valence-corrected chi connectivity index (χ1v) is 5.83. The summed E-state index contributed by atoms with van der Waals surface area (Å²) in [5, 5.41) is 0. The van der Waals surface area contributed by atoms with E-state index in [9.17, 15) is 4.39 Å². The summed E-state index contributed by atoms with van der Waals surface area (Å²) in [7, 11) is 0. The summed E-state index contributed by atoms with van der Waals surface area (Å²) in [4.78, 5) is 3.84. The Hall–Kier alpha value is -1.94. The van der Waals surface area contributed by atoms with E-state index in [0.717, 1.165) is 11.3 Å². The van der Waals surface area contributed by atoms with Gasteiger partial charge in [0, 0.05) is 23.7 Å². The lowest BCUT2D eigenvalue weighted by molar-refractivity contribution is 0.315. The third-order valence-corrected chi connectivity index (χ3v) is 3.28. The van der Waals surface area contributed by atoms with Gasteiger partial charge in [-0.05, 0) is 17.7 Å². The average Bonchev–Trinajstić information content (AvgIpc) is 2.82. The zero-order valence-corrected chi connectivity index (χ0v) is 9.71. The number of hydrogen-bond donors (Lipinski definition) is 1. The first kappa shape index (κ1) is 11.2. The number of halogens is 1. The van der Waals surface area contributed by atoms with E-state index in [1.165, 1.54) is 12.3 Å². The molecule has 4 heteroatoms. The van der Waals surface area contributed by atoms with Gasteiger partial charge >= 0.3 is 0 Å². The number of benzene rings is 1. The predicted molar refractivity (Wildman–Crippen MR) is 65.8 cm³/mol. The monoisotopic (exact) mass is 244 g/mol. The van der Waals surface area contributed by atoms with Crippen LogP contribution < -0.4 is 10.5 Å². The maximum atomic E-state index is 13.2. The maximum absolute atomic E-state index is 13.2. The highest BCUT2D eigenvalue weighted by Crippen LogP contribution is 2.39. The second kappa shape index (κ2) is 4.38. The Balaban J connectivity index is 1.93. The molecule has 2 unspecified atom stereocenters. The highest BCUT2D eigenvalue weighted by molar-refractivity contribution is 5.41. The van der Waals surface area contributed by atoms with Crippen molar-refractivity contribution in [3.63, 3.8) is 0 Å². The fourth-order valence-electron chi connectivity index (χ4n) is 2.33. The van der Waals surface area contributed by atoms with E-state index in [2.05, 4.69) is 4.98 Å². The molecule has 0 saturated carbocycles. The summed E-state index contributed by atoms with van der Waals surface area (Å²) in [6.45, 7) is 0.525. The third-order valence-electron chi connectivity index (χ3n) is 3.28. The van der Waals surface area contributed by atoms with Crippen LogP contribution in [0.2, 0.25) is 0 Å². The SMILES string of the molecule is NC(c1cncc(F)c1)C1COc2ccccc21. The second-order valence-electron chi connectivity index (χ2n) is 4.42. The quantitative estimate of drug-likeness (QED) is 0.882. The van der Waals surface area contributed by atoms with Crippen molar-refractivity contribution in [1.29, 1.82) is 0 Å². The molecule has 2 N–H and O–H groups in total. The molecule has 2 aromatic rings. The Morgan fingerprint density at radius 2 is 2.17 bits per heavy atom. The standard InChI is InChI=1S/C14H13FN2O/c15-10-5-9(6-17-7-10)14(16)12-8-18-13-4-2-1-3-11(12)13/h1-7,12,14H,8,16H2. The number of rotatable bonds is 2. The molecule has 0 bridgehead atoms. The number of nitrogens with zero attached hydrogens (tertiary/aromatic N) is 1. The predicted octanol–water partition coefficient (Wildman–Crippen LogP) is 2.40. The number of ether oxygens (including phenoxy) is 1. The van der Waals surface area contributed by atoms with Crippen LogP contribution in [0.4, 0.5) is 4.39 Å². The van der Waals surface area contributed by atoms with Gasteiger partial charge in [0.15, 0.2) is 0 Å². The van der Waals surface area contributed by atoms with E-state index in [-0.39, 0.29) is 17.8 Å². The molecule has 18 heavy (non-hydrogen) atoms. The molecule has 3 rings (SSSR count). The van der Waals surface area contributed by atoms with Crippen LogP contribution in [-0.4, -0.2) is 11.6 Å². The van der Waals surface area contributed by atoms with Crippen LogP contribution in [0.15, 0.2) is 42.7 Å². The third kappa shape index (κ3) is 1.84. The molecule has 3 nitrogen and oxygen atoms in total. The summed E-state index contributed by atoms with van der Waals surface area (Å²) in [5.41, 5.74) is 7.97. The lowest BCUT2D eigenvalue weighted by Gasteiger charge is -2.18. The van der Waals surface area contributed by atoms with E-state index < -0.39 is 0 Å². The lowest BCUT2D eigenvalue weighted by Crippen LogP contribution is -2.21. The van der Waals surface area contributed by atoms with Crippen LogP contribution in [0.1, 0.15) is 23.1 Å². The number of aromatic nitrogens is 1. The summed E-state index contributed by atoms with van der Waals surface area (Å²) < 4.78 is 18.8. The van der Waals surface area contributed by atoms with E-state index in [4.69, 9.17) is 10.5 Å². The van der Waals surface area contributed by atoms with E-state index >= 15 is 0 Å². The number of para-hydroxylation sites is 1. The summed E-state index contributed by atoms with van der Waals surface area (Å²) in [5.74, 6) is 0.544. The molecular weight excluding hydrogens is 231 g/mol. The summed E-state index contributed by atoms with van der Waals surface area (Å²) in [6.07, 6.45) is 2.78. The topological polar surface area (TPSA) is 48.1 Å². The van der Waals surface area contributed by atoms with Gasteiger partial charge < -0.3 is 10.5 Å². The molecule has 1 aromatic heterocycles. The van der Waals surface area contributed by atoms with Crippen molar-refractivity contribution in [3.05, 3.63) is 59.7 Å². The Kier molecular flexibility index (Phi) is 2.72. The smallest absolute Gasteiger partial charge is 0.141 e. The number of nitrogens with two attached hydrogens (primary N) is 1. The minimum Gasteiger partial charge on any atom is -0.493 e. The first-order chi connectivity index (χ1) is 8.75. The summed E-state index contributed by atoms with van der Waals surface area (Å²) in [6, 6.07) is 8.93. The average molecular weight is 244 g/mol. The van der Waals surface area contributed by atoms with Crippen molar-refractivity contribution in [2.75, 3.05) is 6.61 Å². The fourth-order valence-corrected chi connectivity index (χ4v) is 2.33. The minimum atomic E-state index is -0.366. The van der Waals surface area contributed by atoms with Crippen LogP contribution in [0.25, 0.3) is 0 Å².